The molecule has 1 aromatic heterocycles. The Hall–Kier alpha value is -2.18. The van der Waals surface area contributed by atoms with E-state index in [1.807, 2.05) is 24.3 Å². The molecular weight excluding hydrogens is 342 g/mol. The first-order valence-electron chi connectivity index (χ1n) is 8.43. The summed E-state index contributed by atoms with van der Waals surface area (Å²) in [7, 11) is 0. The zero-order valence-corrected chi connectivity index (χ0v) is 14.1. The molecule has 2 aromatic rings. The molecule has 3 saturated heterocycles. The van der Waals surface area contributed by atoms with E-state index in [2.05, 4.69) is 5.10 Å². The Kier molecular flexibility index (Phi) is 3.27. The molecule has 25 heavy (non-hydrogen) atoms. The van der Waals surface area contributed by atoms with Crippen molar-refractivity contribution in [2.75, 3.05) is 4.90 Å². The number of fused-ring (bicyclic) bond motifs is 5. The highest BCUT2D eigenvalue weighted by atomic mass is 35.5. The van der Waals surface area contributed by atoms with Crippen LogP contribution in [0.2, 0.25) is 5.02 Å². The monoisotopic (exact) mass is 357 g/mol. The maximum atomic E-state index is 12.8. The number of rotatable bonds is 3. The van der Waals surface area contributed by atoms with Crippen molar-refractivity contribution in [1.29, 1.82) is 0 Å². The van der Waals surface area contributed by atoms with Gasteiger partial charge in [0.25, 0.3) is 0 Å². The summed E-state index contributed by atoms with van der Waals surface area (Å²) >= 11 is 6.18. The summed E-state index contributed by atoms with van der Waals surface area (Å²) in [6, 6.07) is 9.24. The number of imide groups is 1. The number of aromatic nitrogens is 2. The summed E-state index contributed by atoms with van der Waals surface area (Å²) in [5.74, 6) is -0.633. The van der Waals surface area contributed by atoms with Crippen LogP contribution in [-0.4, -0.2) is 33.8 Å². The topological polar surface area (TPSA) is 64.4 Å². The highest BCUT2D eigenvalue weighted by molar-refractivity contribution is 6.31. The van der Waals surface area contributed by atoms with Gasteiger partial charge in [-0.05, 0) is 24.5 Å². The zero-order chi connectivity index (χ0) is 17.1. The summed E-state index contributed by atoms with van der Waals surface area (Å²) in [5.41, 5.74) is 0.932. The number of carbonyl (C=O) groups excluding carboxylic acids is 2. The molecule has 6 nitrogen and oxygen atoms in total. The van der Waals surface area contributed by atoms with Gasteiger partial charge in [0.2, 0.25) is 11.8 Å². The Morgan fingerprint density at radius 3 is 2.44 bits per heavy atom. The number of halogens is 1. The average molecular weight is 358 g/mol. The predicted molar refractivity (Wildman–Crippen MR) is 90.1 cm³/mol. The number of hydrogen-bond acceptors (Lipinski definition) is 4. The van der Waals surface area contributed by atoms with E-state index in [4.69, 9.17) is 16.3 Å². The van der Waals surface area contributed by atoms with Gasteiger partial charge >= 0.3 is 0 Å². The molecule has 0 N–H and O–H groups in total. The van der Waals surface area contributed by atoms with Gasteiger partial charge in [-0.15, -0.1) is 0 Å². The molecule has 0 spiro atoms. The molecule has 2 amide bonds. The van der Waals surface area contributed by atoms with Crippen LogP contribution in [-0.2, 0) is 20.9 Å². The van der Waals surface area contributed by atoms with Crippen LogP contribution in [0.25, 0.3) is 0 Å². The molecule has 4 unspecified atom stereocenters. The standard InChI is InChI=1S/C18H16ClN3O3/c19-11-4-2-1-3-10(11)9-21-8-7-14(20-21)22-17(23)15-12-5-6-13(25-12)16(15)18(22)24/h1-4,7-8,12-13,15-16H,5-6,9H2. The highest BCUT2D eigenvalue weighted by Gasteiger charge is 2.63. The van der Waals surface area contributed by atoms with Gasteiger partial charge in [0.1, 0.15) is 0 Å². The lowest BCUT2D eigenvalue weighted by molar-refractivity contribution is -0.124. The van der Waals surface area contributed by atoms with E-state index in [9.17, 15) is 9.59 Å². The Balaban J connectivity index is 1.41. The molecule has 3 fully saturated rings. The zero-order valence-electron chi connectivity index (χ0n) is 13.3. The Bertz CT molecular complexity index is 852. The number of nitrogens with zero attached hydrogens (tertiary/aromatic N) is 3. The van der Waals surface area contributed by atoms with Crippen molar-refractivity contribution in [3.63, 3.8) is 0 Å². The van der Waals surface area contributed by atoms with E-state index < -0.39 is 0 Å². The number of hydrogen-bond donors (Lipinski definition) is 0. The largest absolute Gasteiger partial charge is 0.373 e. The highest BCUT2D eigenvalue weighted by Crippen LogP contribution is 2.49. The van der Waals surface area contributed by atoms with Crippen LogP contribution in [0.4, 0.5) is 5.82 Å². The van der Waals surface area contributed by atoms with E-state index >= 15 is 0 Å². The second-order valence-corrected chi connectivity index (χ2v) is 7.22. The summed E-state index contributed by atoms with van der Waals surface area (Å²) < 4.78 is 7.44. The lowest BCUT2D eigenvalue weighted by Crippen LogP contribution is -2.34. The Morgan fingerprint density at radius 1 is 1.08 bits per heavy atom. The molecule has 1 aromatic carbocycles. The van der Waals surface area contributed by atoms with Gasteiger partial charge in [-0.3, -0.25) is 14.3 Å². The number of amides is 2. The van der Waals surface area contributed by atoms with Crippen molar-refractivity contribution in [3.05, 3.63) is 47.1 Å². The second kappa shape index (κ2) is 5.41. The second-order valence-electron chi connectivity index (χ2n) is 6.82. The van der Waals surface area contributed by atoms with Crippen LogP contribution in [0.5, 0.6) is 0 Å². The van der Waals surface area contributed by atoms with E-state index in [1.54, 1.807) is 16.9 Å². The molecule has 3 aliphatic heterocycles. The third kappa shape index (κ3) is 2.17. The molecular formula is C18H16ClN3O3. The van der Waals surface area contributed by atoms with Crippen LogP contribution < -0.4 is 4.90 Å². The van der Waals surface area contributed by atoms with Crippen molar-refractivity contribution in [2.45, 2.75) is 31.6 Å². The van der Waals surface area contributed by atoms with Crippen LogP contribution in [0.1, 0.15) is 18.4 Å². The van der Waals surface area contributed by atoms with Crippen molar-refractivity contribution in [2.24, 2.45) is 11.8 Å². The Morgan fingerprint density at radius 2 is 1.76 bits per heavy atom. The molecule has 7 heteroatoms. The number of anilines is 1. The lowest BCUT2D eigenvalue weighted by Gasteiger charge is -2.15. The molecule has 3 aliphatic rings. The Labute approximate surface area is 149 Å². The summed E-state index contributed by atoms with van der Waals surface area (Å²) in [6.45, 7) is 0.483. The average Bonchev–Trinajstić information content (AvgIpc) is 3.35. The van der Waals surface area contributed by atoms with Gasteiger partial charge in [0.05, 0.1) is 30.6 Å². The van der Waals surface area contributed by atoms with Crippen molar-refractivity contribution in [1.82, 2.24) is 9.78 Å². The number of ether oxygens (including phenoxy) is 1. The first kappa shape index (κ1) is 15.1. The minimum atomic E-state index is -0.333. The fourth-order valence-corrected chi connectivity index (χ4v) is 4.49. The van der Waals surface area contributed by atoms with Crippen molar-refractivity contribution in [3.8, 4) is 0 Å². The van der Waals surface area contributed by atoms with Gasteiger partial charge in [0.15, 0.2) is 5.82 Å². The fourth-order valence-electron chi connectivity index (χ4n) is 4.30. The minimum Gasteiger partial charge on any atom is -0.373 e. The number of benzene rings is 1. The molecule has 4 heterocycles. The van der Waals surface area contributed by atoms with Crippen molar-refractivity contribution >= 4 is 29.2 Å². The van der Waals surface area contributed by atoms with Gasteiger partial charge in [-0.1, -0.05) is 29.8 Å². The molecule has 0 radical (unpaired) electrons. The van der Waals surface area contributed by atoms with Gasteiger partial charge in [0, 0.05) is 17.3 Å². The third-order valence-electron chi connectivity index (χ3n) is 5.43. The third-order valence-corrected chi connectivity index (χ3v) is 5.80. The van der Waals surface area contributed by atoms with E-state index in [0.717, 1.165) is 18.4 Å². The summed E-state index contributed by atoms with van der Waals surface area (Å²) in [4.78, 5) is 26.8. The number of carbonyl (C=O) groups is 2. The summed E-state index contributed by atoms with van der Waals surface area (Å²) in [5, 5.41) is 5.09. The first-order valence-corrected chi connectivity index (χ1v) is 8.81. The smallest absolute Gasteiger partial charge is 0.241 e. The molecule has 0 saturated carbocycles. The maximum absolute atomic E-state index is 12.8. The SMILES string of the molecule is O=C1C2C3CCC(O3)C2C(=O)N1c1ccn(Cc2ccccc2Cl)n1. The lowest BCUT2D eigenvalue weighted by atomic mass is 9.81. The van der Waals surface area contributed by atoms with Gasteiger partial charge in [-0.2, -0.15) is 5.10 Å². The van der Waals surface area contributed by atoms with Crippen LogP contribution in [0, 0.1) is 11.8 Å². The molecule has 128 valence electrons. The van der Waals surface area contributed by atoms with Crippen LogP contribution >= 0.6 is 11.6 Å². The summed E-state index contributed by atoms with van der Waals surface area (Å²) in [6.07, 6.45) is 3.26. The first-order chi connectivity index (χ1) is 12.1. The van der Waals surface area contributed by atoms with Crippen molar-refractivity contribution < 1.29 is 14.3 Å². The normalized spacial score (nSPS) is 30.4. The van der Waals surface area contributed by atoms with Crippen LogP contribution in [0.3, 0.4) is 0 Å². The molecule has 2 bridgehead atoms. The molecule has 0 aliphatic carbocycles. The molecule has 4 atom stereocenters. The predicted octanol–water partition coefficient (Wildman–Crippen LogP) is 2.25. The fraction of sp³-hybridized carbons (Fsp3) is 0.389. The van der Waals surface area contributed by atoms with Gasteiger partial charge in [-0.25, -0.2) is 4.90 Å². The minimum absolute atomic E-state index is 0.110. The molecule has 5 rings (SSSR count). The van der Waals surface area contributed by atoms with Crippen LogP contribution in [0.15, 0.2) is 36.5 Å². The maximum Gasteiger partial charge on any atom is 0.241 e. The van der Waals surface area contributed by atoms with E-state index in [0.29, 0.717) is 17.4 Å². The van der Waals surface area contributed by atoms with E-state index in [-0.39, 0.29) is 35.9 Å². The quantitative estimate of drug-likeness (QED) is 0.790. The van der Waals surface area contributed by atoms with E-state index in [1.165, 1.54) is 4.90 Å². The van der Waals surface area contributed by atoms with Gasteiger partial charge < -0.3 is 4.74 Å².